The van der Waals surface area contributed by atoms with Crippen LogP contribution < -0.4 is 10.1 Å². The monoisotopic (exact) mass is 341 g/mol. The summed E-state index contributed by atoms with van der Waals surface area (Å²) in [7, 11) is 0. The molecular weight excluding hydrogens is 318 g/mol. The van der Waals surface area contributed by atoms with Gasteiger partial charge < -0.3 is 15.2 Å². The number of benzene rings is 2. The predicted molar refractivity (Wildman–Crippen MR) is 96.2 cm³/mol. The number of carbonyl (C=O) groups excluding carboxylic acids is 1. The van der Waals surface area contributed by atoms with E-state index in [1.807, 2.05) is 37.3 Å². The van der Waals surface area contributed by atoms with E-state index in [9.17, 15) is 14.7 Å². The number of Topliss-reactive ketones (excluding diaryl/α,β-unsaturated/α-hetero) is 1. The minimum Gasteiger partial charge on any atom is -0.480 e. The third-order valence-corrected chi connectivity index (χ3v) is 3.76. The summed E-state index contributed by atoms with van der Waals surface area (Å²) in [6.45, 7) is 2.62. The van der Waals surface area contributed by atoms with E-state index in [1.165, 1.54) is 0 Å². The molecule has 0 radical (unpaired) electrons. The Morgan fingerprint density at radius 3 is 2.28 bits per heavy atom. The summed E-state index contributed by atoms with van der Waals surface area (Å²) in [5, 5.41) is 12.2. The highest BCUT2D eigenvalue weighted by Crippen LogP contribution is 2.21. The van der Waals surface area contributed by atoms with Gasteiger partial charge in [-0.3, -0.25) is 9.59 Å². The first-order chi connectivity index (χ1) is 12.1. The zero-order chi connectivity index (χ0) is 18.1. The first-order valence-corrected chi connectivity index (χ1v) is 8.42. The van der Waals surface area contributed by atoms with Gasteiger partial charge in [-0.05, 0) is 49.4 Å². The number of carbonyl (C=O) groups is 2. The summed E-state index contributed by atoms with van der Waals surface area (Å²) >= 11 is 0. The molecule has 0 bridgehead atoms. The van der Waals surface area contributed by atoms with Gasteiger partial charge in [-0.1, -0.05) is 31.5 Å². The Morgan fingerprint density at radius 2 is 1.68 bits per heavy atom. The van der Waals surface area contributed by atoms with E-state index in [2.05, 4.69) is 5.32 Å². The van der Waals surface area contributed by atoms with E-state index < -0.39 is 12.0 Å². The fourth-order valence-corrected chi connectivity index (χ4v) is 2.34. The molecule has 0 spiro atoms. The largest absolute Gasteiger partial charge is 0.480 e. The fraction of sp³-hybridized carbons (Fsp3) is 0.300. The molecule has 0 saturated heterocycles. The van der Waals surface area contributed by atoms with E-state index in [0.717, 1.165) is 12.8 Å². The maximum absolute atomic E-state index is 12.3. The lowest BCUT2D eigenvalue weighted by Crippen LogP contribution is -2.39. The van der Waals surface area contributed by atoms with Gasteiger partial charge in [0.05, 0.1) is 0 Å². The Bertz CT molecular complexity index is 683. The summed E-state index contributed by atoms with van der Waals surface area (Å²) in [4.78, 5) is 23.6. The molecule has 2 aromatic rings. The Balaban J connectivity index is 1.95. The number of rotatable bonds is 10. The number of aliphatic carboxylic acids is 1. The maximum atomic E-state index is 12.3. The van der Waals surface area contributed by atoms with Crippen molar-refractivity contribution in [2.24, 2.45) is 0 Å². The van der Waals surface area contributed by atoms with E-state index in [0.29, 0.717) is 23.6 Å². The number of hydrogen-bond donors (Lipinski definition) is 2. The van der Waals surface area contributed by atoms with E-state index in [4.69, 9.17) is 4.74 Å². The summed E-state index contributed by atoms with van der Waals surface area (Å²) in [6.07, 6.45) is 1.78. The average Bonchev–Trinajstić information content (AvgIpc) is 2.62. The third-order valence-electron chi connectivity index (χ3n) is 3.76. The van der Waals surface area contributed by atoms with Gasteiger partial charge in [0.1, 0.15) is 17.5 Å². The SMILES string of the molecule is CCCCNC(CC(=O)c1ccc(Oc2ccccc2)cc1)C(=O)O. The first-order valence-electron chi connectivity index (χ1n) is 8.42. The van der Waals surface area contributed by atoms with Crippen molar-refractivity contribution >= 4 is 11.8 Å². The lowest BCUT2D eigenvalue weighted by molar-refractivity contribution is -0.139. The van der Waals surface area contributed by atoms with Gasteiger partial charge in [-0.2, -0.15) is 0 Å². The molecule has 0 amide bonds. The number of carboxylic acids is 1. The van der Waals surface area contributed by atoms with Crippen LogP contribution in [0.4, 0.5) is 0 Å². The number of hydrogen-bond acceptors (Lipinski definition) is 4. The molecule has 5 nitrogen and oxygen atoms in total. The Hall–Kier alpha value is -2.66. The van der Waals surface area contributed by atoms with Crippen LogP contribution in [0, 0.1) is 0 Å². The first kappa shape index (κ1) is 18.7. The smallest absolute Gasteiger partial charge is 0.321 e. The van der Waals surface area contributed by atoms with Crippen molar-refractivity contribution in [3.8, 4) is 11.5 Å². The second-order valence-electron chi connectivity index (χ2n) is 5.77. The maximum Gasteiger partial charge on any atom is 0.321 e. The second-order valence-corrected chi connectivity index (χ2v) is 5.77. The van der Waals surface area contributed by atoms with Gasteiger partial charge in [-0.25, -0.2) is 0 Å². The summed E-state index contributed by atoms with van der Waals surface area (Å²) in [6, 6.07) is 15.2. The molecule has 0 saturated carbocycles. The van der Waals surface area contributed by atoms with Crippen LogP contribution in [0.5, 0.6) is 11.5 Å². The summed E-state index contributed by atoms with van der Waals surface area (Å²) < 4.78 is 5.68. The zero-order valence-electron chi connectivity index (χ0n) is 14.3. The lowest BCUT2D eigenvalue weighted by Gasteiger charge is -2.13. The molecule has 2 aromatic carbocycles. The number of nitrogens with one attached hydrogen (secondary N) is 1. The molecule has 1 atom stereocenters. The highest BCUT2D eigenvalue weighted by atomic mass is 16.5. The quantitative estimate of drug-likeness (QED) is 0.506. The number of ether oxygens (including phenoxy) is 1. The van der Waals surface area contributed by atoms with Crippen molar-refractivity contribution < 1.29 is 19.4 Å². The minimum atomic E-state index is -1.01. The Labute approximate surface area is 147 Å². The normalized spacial score (nSPS) is 11.7. The lowest BCUT2D eigenvalue weighted by atomic mass is 10.0. The van der Waals surface area contributed by atoms with Crippen LogP contribution in [-0.2, 0) is 4.79 Å². The number of para-hydroxylation sites is 1. The summed E-state index contributed by atoms with van der Waals surface area (Å²) in [5.74, 6) is 0.127. The molecule has 132 valence electrons. The van der Waals surface area contributed by atoms with E-state index in [-0.39, 0.29) is 12.2 Å². The molecule has 2 rings (SSSR count). The minimum absolute atomic E-state index is 0.0715. The number of ketones is 1. The third kappa shape index (κ3) is 6.04. The van der Waals surface area contributed by atoms with Crippen molar-refractivity contribution in [2.45, 2.75) is 32.2 Å². The highest BCUT2D eigenvalue weighted by Gasteiger charge is 2.21. The van der Waals surface area contributed by atoms with Crippen LogP contribution in [0.25, 0.3) is 0 Å². The Morgan fingerprint density at radius 1 is 1.04 bits per heavy atom. The Kier molecular flexibility index (Phi) is 7.16. The highest BCUT2D eigenvalue weighted by molar-refractivity contribution is 5.98. The van der Waals surface area contributed by atoms with Crippen LogP contribution in [0.1, 0.15) is 36.5 Å². The topological polar surface area (TPSA) is 75.6 Å². The van der Waals surface area contributed by atoms with Crippen LogP contribution in [0.2, 0.25) is 0 Å². The van der Waals surface area contributed by atoms with Crippen molar-refractivity contribution in [1.82, 2.24) is 5.32 Å². The molecule has 0 aromatic heterocycles. The average molecular weight is 341 g/mol. The molecule has 0 aliphatic heterocycles. The molecule has 5 heteroatoms. The molecule has 25 heavy (non-hydrogen) atoms. The zero-order valence-corrected chi connectivity index (χ0v) is 14.3. The van der Waals surface area contributed by atoms with Crippen LogP contribution >= 0.6 is 0 Å². The van der Waals surface area contributed by atoms with Crippen molar-refractivity contribution in [2.75, 3.05) is 6.54 Å². The van der Waals surface area contributed by atoms with Gasteiger partial charge in [0.15, 0.2) is 5.78 Å². The van der Waals surface area contributed by atoms with Crippen LogP contribution in [-0.4, -0.2) is 29.4 Å². The molecular formula is C20H23NO4. The van der Waals surface area contributed by atoms with Crippen LogP contribution in [0.3, 0.4) is 0 Å². The van der Waals surface area contributed by atoms with Gasteiger partial charge in [-0.15, -0.1) is 0 Å². The van der Waals surface area contributed by atoms with E-state index >= 15 is 0 Å². The molecule has 2 N–H and O–H groups in total. The standard InChI is InChI=1S/C20H23NO4/c1-2-3-13-21-18(20(23)24)14-19(22)15-9-11-17(12-10-15)25-16-7-5-4-6-8-16/h4-12,18,21H,2-3,13-14H2,1H3,(H,23,24). The fourth-order valence-electron chi connectivity index (χ4n) is 2.34. The van der Waals surface area contributed by atoms with Gasteiger partial charge >= 0.3 is 5.97 Å². The van der Waals surface area contributed by atoms with Gasteiger partial charge in [0, 0.05) is 12.0 Å². The summed E-state index contributed by atoms with van der Waals surface area (Å²) in [5.41, 5.74) is 0.476. The molecule has 0 heterocycles. The van der Waals surface area contributed by atoms with Crippen LogP contribution in [0.15, 0.2) is 54.6 Å². The number of unbranched alkanes of at least 4 members (excludes halogenated alkanes) is 1. The van der Waals surface area contributed by atoms with Crippen molar-refractivity contribution in [3.63, 3.8) is 0 Å². The molecule has 0 aliphatic carbocycles. The number of carboxylic acid groups (broad SMARTS) is 1. The van der Waals surface area contributed by atoms with Gasteiger partial charge in [0.25, 0.3) is 0 Å². The van der Waals surface area contributed by atoms with Crippen molar-refractivity contribution in [1.29, 1.82) is 0 Å². The predicted octanol–water partition coefficient (Wildman–Crippen LogP) is 3.89. The van der Waals surface area contributed by atoms with Gasteiger partial charge in [0.2, 0.25) is 0 Å². The molecule has 1 unspecified atom stereocenters. The molecule has 0 fully saturated rings. The van der Waals surface area contributed by atoms with E-state index in [1.54, 1.807) is 24.3 Å². The molecule has 0 aliphatic rings. The van der Waals surface area contributed by atoms with Crippen molar-refractivity contribution in [3.05, 3.63) is 60.2 Å². The second kappa shape index (κ2) is 9.59.